The number of aryl methyl sites for hydroxylation is 2. The Morgan fingerprint density at radius 2 is 2.11 bits per heavy atom. The topological polar surface area (TPSA) is 77.5 Å². The number of hydrogen-bond donors (Lipinski definition) is 1. The van der Waals surface area contributed by atoms with Crippen LogP contribution in [0.3, 0.4) is 0 Å². The molecule has 0 spiro atoms. The molecule has 0 aliphatic carbocycles. The van der Waals surface area contributed by atoms with Gasteiger partial charge in [0, 0.05) is 5.38 Å². The molecule has 0 bridgehead atoms. The fraction of sp³-hybridized carbons (Fsp3) is 0.421. The van der Waals surface area contributed by atoms with Crippen LogP contribution in [0.1, 0.15) is 23.7 Å². The Morgan fingerprint density at radius 1 is 1.30 bits per heavy atom. The summed E-state index contributed by atoms with van der Waals surface area (Å²) in [4.78, 5) is 27.7. The molecule has 0 atom stereocenters. The zero-order valence-corrected chi connectivity index (χ0v) is 17.4. The quantitative estimate of drug-likeness (QED) is 0.370. The van der Waals surface area contributed by atoms with Crippen LogP contribution in [-0.2, 0) is 20.7 Å². The molecule has 146 valence electrons. The summed E-state index contributed by atoms with van der Waals surface area (Å²) in [5, 5.41) is 4.64. The molecule has 1 amide bonds. The number of hydrogen-bond acceptors (Lipinski definition) is 7. The monoisotopic (exact) mass is 408 g/mol. The van der Waals surface area contributed by atoms with Gasteiger partial charge in [0.2, 0.25) is 5.91 Å². The number of amides is 1. The maximum Gasteiger partial charge on any atom is 0.311 e. The van der Waals surface area contributed by atoms with Gasteiger partial charge in [0.05, 0.1) is 31.0 Å². The summed E-state index contributed by atoms with van der Waals surface area (Å²) in [6, 6.07) is 6.01. The molecule has 0 saturated heterocycles. The van der Waals surface area contributed by atoms with Crippen molar-refractivity contribution in [3.8, 4) is 5.75 Å². The highest BCUT2D eigenvalue weighted by Gasteiger charge is 2.10. The van der Waals surface area contributed by atoms with Crippen molar-refractivity contribution in [2.45, 2.75) is 31.5 Å². The van der Waals surface area contributed by atoms with Crippen molar-refractivity contribution in [2.24, 2.45) is 0 Å². The molecule has 0 unspecified atom stereocenters. The third-order valence-corrected chi connectivity index (χ3v) is 5.57. The Kier molecular flexibility index (Phi) is 8.60. The number of nitrogens with zero attached hydrogens (tertiary/aromatic N) is 1. The second-order valence-electron chi connectivity index (χ2n) is 5.84. The van der Waals surface area contributed by atoms with Gasteiger partial charge in [0.25, 0.3) is 0 Å². The summed E-state index contributed by atoms with van der Waals surface area (Å²) in [6.07, 6.45) is 0.160. The molecule has 1 aromatic heterocycles. The average Bonchev–Trinajstić information content (AvgIpc) is 3.06. The van der Waals surface area contributed by atoms with Gasteiger partial charge >= 0.3 is 5.97 Å². The number of ether oxygens (including phenoxy) is 2. The lowest BCUT2D eigenvalue weighted by atomic mass is 10.1. The summed E-state index contributed by atoms with van der Waals surface area (Å²) >= 11 is 2.77. The molecule has 6 nitrogen and oxygen atoms in total. The molecule has 2 aromatic rings. The summed E-state index contributed by atoms with van der Waals surface area (Å²) in [5.41, 5.74) is 2.94. The first-order chi connectivity index (χ1) is 13.0. The van der Waals surface area contributed by atoms with Crippen LogP contribution in [0.5, 0.6) is 5.75 Å². The highest BCUT2D eigenvalue weighted by Crippen LogP contribution is 2.23. The fourth-order valence-corrected chi connectivity index (χ4v) is 3.96. The van der Waals surface area contributed by atoms with Crippen LogP contribution in [0.2, 0.25) is 0 Å². The molecule has 0 fully saturated rings. The maximum atomic E-state index is 11.9. The molecule has 0 aliphatic rings. The Morgan fingerprint density at radius 3 is 2.85 bits per heavy atom. The molecule has 1 aromatic carbocycles. The lowest BCUT2D eigenvalue weighted by molar-refractivity contribution is -0.142. The first kappa shape index (κ1) is 21.2. The highest BCUT2D eigenvalue weighted by atomic mass is 32.2. The Labute approximate surface area is 167 Å². The van der Waals surface area contributed by atoms with Crippen LogP contribution < -0.4 is 10.1 Å². The van der Waals surface area contributed by atoms with Crippen molar-refractivity contribution in [2.75, 3.05) is 25.5 Å². The zero-order chi connectivity index (χ0) is 19.6. The van der Waals surface area contributed by atoms with Gasteiger partial charge in [-0.2, -0.15) is 0 Å². The smallest absolute Gasteiger partial charge is 0.311 e. The van der Waals surface area contributed by atoms with Crippen molar-refractivity contribution in [1.82, 2.24) is 10.3 Å². The summed E-state index contributed by atoms with van der Waals surface area (Å²) in [5.74, 6) is 0.740. The minimum absolute atomic E-state index is 0.0774. The highest BCUT2D eigenvalue weighted by molar-refractivity contribution is 8.01. The summed E-state index contributed by atoms with van der Waals surface area (Å²) in [6.45, 7) is 7.03. The number of thioether (sulfide) groups is 1. The van der Waals surface area contributed by atoms with E-state index in [4.69, 9.17) is 9.47 Å². The third kappa shape index (κ3) is 7.60. The van der Waals surface area contributed by atoms with Gasteiger partial charge < -0.3 is 14.8 Å². The molecule has 8 heteroatoms. The molecule has 0 aliphatic heterocycles. The summed E-state index contributed by atoms with van der Waals surface area (Å²) < 4.78 is 11.3. The van der Waals surface area contributed by atoms with Crippen LogP contribution in [0.4, 0.5) is 0 Å². The lowest BCUT2D eigenvalue weighted by Crippen LogP contribution is -2.29. The first-order valence-corrected chi connectivity index (χ1v) is 10.5. The van der Waals surface area contributed by atoms with E-state index in [-0.39, 0.29) is 24.1 Å². The number of carbonyl (C=O) groups is 2. The largest absolute Gasteiger partial charge is 0.491 e. The van der Waals surface area contributed by atoms with Crippen LogP contribution in [0.15, 0.2) is 27.9 Å². The number of rotatable bonds is 10. The van der Waals surface area contributed by atoms with E-state index in [0.29, 0.717) is 25.5 Å². The molecule has 0 saturated carbocycles. The van der Waals surface area contributed by atoms with Gasteiger partial charge in [-0.1, -0.05) is 29.5 Å². The van der Waals surface area contributed by atoms with Crippen molar-refractivity contribution < 1.29 is 19.1 Å². The Balaban J connectivity index is 1.65. The molecular formula is C19H24N2O4S2. The van der Waals surface area contributed by atoms with Gasteiger partial charge in [-0.05, 0) is 32.4 Å². The van der Waals surface area contributed by atoms with E-state index in [9.17, 15) is 9.59 Å². The van der Waals surface area contributed by atoms with Crippen molar-refractivity contribution in [3.63, 3.8) is 0 Å². The molecule has 1 N–H and O–H groups in total. The normalized spacial score (nSPS) is 10.5. The standard InChI is InChI=1S/C19H24N2O4S2/c1-4-24-18(23)10-15-11-26-19(21-15)27-12-17(22)20-7-8-25-16-6-5-13(2)9-14(16)3/h5-6,9,11H,4,7-8,10,12H2,1-3H3,(H,20,22). The van der Waals surface area contributed by atoms with E-state index in [0.717, 1.165) is 15.7 Å². The van der Waals surface area contributed by atoms with Crippen molar-refractivity contribution in [3.05, 3.63) is 40.4 Å². The number of carbonyl (C=O) groups excluding carboxylic acids is 2. The minimum atomic E-state index is -0.291. The van der Waals surface area contributed by atoms with Gasteiger partial charge in [0.1, 0.15) is 12.4 Å². The van der Waals surface area contributed by atoms with Crippen molar-refractivity contribution in [1.29, 1.82) is 0 Å². The van der Waals surface area contributed by atoms with Crippen LogP contribution in [-0.4, -0.2) is 42.4 Å². The average molecular weight is 409 g/mol. The minimum Gasteiger partial charge on any atom is -0.491 e. The Hall–Kier alpha value is -2.06. The number of benzene rings is 1. The number of thiazole rings is 1. The summed E-state index contributed by atoms with van der Waals surface area (Å²) in [7, 11) is 0. The van der Waals surface area contributed by atoms with Gasteiger partial charge in [-0.15, -0.1) is 11.3 Å². The van der Waals surface area contributed by atoms with E-state index in [1.807, 2.05) is 31.4 Å². The zero-order valence-electron chi connectivity index (χ0n) is 15.7. The van der Waals surface area contributed by atoms with Gasteiger partial charge in [-0.3, -0.25) is 9.59 Å². The van der Waals surface area contributed by atoms with Gasteiger partial charge in [0.15, 0.2) is 4.34 Å². The predicted octanol–water partition coefficient (Wildman–Crippen LogP) is 3.15. The molecule has 1 heterocycles. The Bertz CT molecular complexity index is 777. The molecular weight excluding hydrogens is 384 g/mol. The predicted molar refractivity (Wildman–Crippen MR) is 108 cm³/mol. The van der Waals surface area contributed by atoms with E-state index in [1.54, 1.807) is 6.92 Å². The maximum absolute atomic E-state index is 11.9. The van der Waals surface area contributed by atoms with E-state index in [1.165, 1.54) is 28.7 Å². The third-order valence-electron chi connectivity index (χ3n) is 3.50. The fourth-order valence-electron chi connectivity index (χ4n) is 2.29. The van der Waals surface area contributed by atoms with Crippen LogP contribution in [0.25, 0.3) is 0 Å². The lowest BCUT2D eigenvalue weighted by Gasteiger charge is -2.10. The van der Waals surface area contributed by atoms with Crippen LogP contribution >= 0.6 is 23.1 Å². The second-order valence-corrected chi connectivity index (χ2v) is 7.92. The van der Waals surface area contributed by atoms with E-state index in [2.05, 4.69) is 16.4 Å². The van der Waals surface area contributed by atoms with Crippen LogP contribution in [0, 0.1) is 13.8 Å². The molecule has 27 heavy (non-hydrogen) atoms. The van der Waals surface area contributed by atoms with E-state index >= 15 is 0 Å². The van der Waals surface area contributed by atoms with Gasteiger partial charge in [-0.25, -0.2) is 4.98 Å². The second kappa shape index (κ2) is 10.9. The molecule has 2 rings (SSSR count). The number of nitrogens with one attached hydrogen (secondary N) is 1. The number of aromatic nitrogens is 1. The first-order valence-electron chi connectivity index (χ1n) is 8.67. The number of esters is 1. The van der Waals surface area contributed by atoms with Crippen molar-refractivity contribution >= 4 is 35.0 Å². The molecule has 0 radical (unpaired) electrons. The SMILES string of the molecule is CCOC(=O)Cc1csc(SCC(=O)NCCOc2ccc(C)cc2C)n1. The van der Waals surface area contributed by atoms with E-state index < -0.39 is 0 Å².